The van der Waals surface area contributed by atoms with E-state index in [1.807, 2.05) is 44.2 Å². The highest BCUT2D eigenvalue weighted by atomic mass is 32.2. The van der Waals surface area contributed by atoms with Gasteiger partial charge in [0.05, 0.1) is 18.0 Å². The van der Waals surface area contributed by atoms with Gasteiger partial charge in [0.15, 0.2) is 0 Å². The van der Waals surface area contributed by atoms with Crippen LogP contribution in [0.3, 0.4) is 0 Å². The van der Waals surface area contributed by atoms with Crippen LogP contribution in [0.1, 0.15) is 32.6 Å². The average molecular weight is 497 g/mol. The summed E-state index contributed by atoms with van der Waals surface area (Å²) in [4.78, 5) is 4.79. The van der Waals surface area contributed by atoms with E-state index in [-0.39, 0.29) is 0 Å². The molecule has 1 aliphatic heterocycles. The van der Waals surface area contributed by atoms with Crippen molar-refractivity contribution in [3.63, 3.8) is 0 Å². The number of nitrogens with zero attached hydrogens (tertiary/aromatic N) is 4. The minimum atomic E-state index is -0.619. The lowest BCUT2D eigenvalue weighted by atomic mass is 10.0. The van der Waals surface area contributed by atoms with Crippen molar-refractivity contribution in [1.82, 2.24) is 15.1 Å². The Morgan fingerprint density at radius 1 is 1.14 bits per heavy atom. The zero-order valence-electron chi connectivity index (χ0n) is 20.9. The van der Waals surface area contributed by atoms with E-state index in [1.165, 1.54) is 5.69 Å². The molecule has 0 aliphatic carbocycles. The number of ether oxygens (including phenoxy) is 1. The molecule has 1 saturated heterocycles. The van der Waals surface area contributed by atoms with E-state index >= 15 is 0 Å². The van der Waals surface area contributed by atoms with Gasteiger partial charge in [0.2, 0.25) is 11.8 Å². The molecular weight excluding hydrogens is 460 g/mol. The predicted octanol–water partition coefficient (Wildman–Crippen LogP) is 4.72. The van der Waals surface area contributed by atoms with Crippen molar-refractivity contribution in [2.24, 2.45) is 0 Å². The van der Waals surface area contributed by atoms with Crippen LogP contribution in [0.15, 0.2) is 59.0 Å². The van der Waals surface area contributed by atoms with Crippen LogP contribution < -0.4 is 9.64 Å². The molecule has 0 saturated carbocycles. The van der Waals surface area contributed by atoms with Crippen molar-refractivity contribution >= 4 is 17.4 Å². The first-order valence-electron chi connectivity index (χ1n) is 12.2. The topological polar surface area (TPSA) is 74.9 Å². The van der Waals surface area contributed by atoms with Gasteiger partial charge in [0, 0.05) is 42.7 Å². The van der Waals surface area contributed by atoms with Gasteiger partial charge in [-0.3, -0.25) is 0 Å². The Bertz CT molecular complexity index is 1040. The fourth-order valence-electron chi connectivity index (χ4n) is 4.11. The number of hydrogen-bond donors (Lipinski definition) is 1. The maximum absolute atomic E-state index is 10.0. The fourth-order valence-corrected chi connectivity index (χ4v) is 4.74. The van der Waals surface area contributed by atoms with Crippen molar-refractivity contribution in [1.29, 1.82) is 0 Å². The molecule has 2 heterocycles. The highest BCUT2D eigenvalue weighted by molar-refractivity contribution is 7.98. The average Bonchev–Trinajstić information content (AvgIpc) is 3.53. The Morgan fingerprint density at radius 2 is 1.91 bits per heavy atom. The smallest absolute Gasteiger partial charge is 0.247 e. The minimum absolute atomic E-state index is 0.506. The van der Waals surface area contributed by atoms with Crippen LogP contribution in [0.5, 0.6) is 5.75 Å². The summed E-state index contributed by atoms with van der Waals surface area (Å²) in [5, 5.41) is 18.4. The third-order valence-corrected chi connectivity index (χ3v) is 7.18. The molecule has 4 rings (SSSR count). The van der Waals surface area contributed by atoms with E-state index < -0.39 is 5.60 Å². The number of thioether (sulfide) groups is 1. The molecule has 0 radical (unpaired) electrons. The third-order valence-electron chi connectivity index (χ3n) is 6.27. The van der Waals surface area contributed by atoms with Crippen molar-refractivity contribution in [3.05, 3.63) is 60.5 Å². The van der Waals surface area contributed by atoms with E-state index in [4.69, 9.17) is 9.15 Å². The number of para-hydroxylation sites is 1. The standard InChI is InChI=1S/C27H36N4O3S/c1-27(2,32)14-16-30(3)23-13-15-31(19-23)22-11-9-21(10-12-22)26-29-28-25(34-26)20-35-18-17-33-24-7-5-4-6-8-24/h4-12,23,32H,13-20H2,1-3H3. The second-order valence-electron chi connectivity index (χ2n) is 9.69. The van der Waals surface area contributed by atoms with Crippen LogP contribution >= 0.6 is 11.8 Å². The first-order chi connectivity index (χ1) is 16.9. The molecule has 2 aromatic carbocycles. The number of aliphatic hydroxyl groups is 1. The molecule has 188 valence electrons. The van der Waals surface area contributed by atoms with Crippen molar-refractivity contribution < 1.29 is 14.3 Å². The summed E-state index contributed by atoms with van der Waals surface area (Å²) in [6.07, 6.45) is 1.91. The van der Waals surface area contributed by atoms with E-state index in [2.05, 4.69) is 51.3 Å². The summed E-state index contributed by atoms with van der Waals surface area (Å²) >= 11 is 1.71. The molecule has 0 spiro atoms. The second kappa shape index (κ2) is 11.9. The van der Waals surface area contributed by atoms with Crippen molar-refractivity contribution in [2.45, 2.75) is 44.1 Å². The normalized spacial score (nSPS) is 16.3. The third kappa shape index (κ3) is 7.72. The molecule has 1 unspecified atom stereocenters. The first kappa shape index (κ1) is 25.5. The van der Waals surface area contributed by atoms with Gasteiger partial charge in [-0.25, -0.2) is 0 Å². The lowest BCUT2D eigenvalue weighted by molar-refractivity contribution is 0.0567. The number of benzene rings is 2. The maximum Gasteiger partial charge on any atom is 0.247 e. The zero-order chi connectivity index (χ0) is 24.7. The van der Waals surface area contributed by atoms with Gasteiger partial charge >= 0.3 is 0 Å². The van der Waals surface area contributed by atoms with Gasteiger partial charge in [-0.05, 0) is 70.1 Å². The highest BCUT2D eigenvalue weighted by Gasteiger charge is 2.27. The number of hydrogen-bond acceptors (Lipinski definition) is 8. The summed E-state index contributed by atoms with van der Waals surface area (Å²) in [5.41, 5.74) is 1.52. The van der Waals surface area contributed by atoms with Gasteiger partial charge in [0.25, 0.3) is 0 Å². The number of aromatic nitrogens is 2. The summed E-state index contributed by atoms with van der Waals surface area (Å²) in [5.74, 6) is 3.59. The maximum atomic E-state index is 10.0. The SMILES string of the molecule is CN(CCC(C)(C)O)C1CCN(c2ccc(-c3nnc(CSCCOc4ccccc4)o3)cc2)C1. The Balaban J connectivity index is 1.22. The van der Waals surface area contributed by atoms with Crippen LogP contribution in [0, 0.1) is 0 Å². The lowest BCUT2D eigenvalue weighted by Crippen LogP contribution is -2.37. The minimum Gasteiger partial charge on any atom is -0.493 e. The number of anilines is 1. The molecule has 1 aromatic heterocycles. The highest BCUT2D eigenvalue weighted by Crippen LogP contribution is 2.27. The van der Waals surface area contributed by atoms with Crippen LogP contribution in [0.25, 0.3) is 11.5 Å². The Labute approximate surface area is 212 Å². The molecular formula is C27H36N4O3S. The van der Waals surface area contributed by atoms with Crippen LogP contribution in [0.2, 0.25) is 0 Å². The molecule has 1 aliphatic rings. The Kier molecular flexibility index (Phi) is 8.70. The van der Waals surface area contributed by atoms with E-state index in [0.717, 1.165) is 49.5 Å². The molecule has 1 atom stereocenters. The molecule has 35 heavy (non-hydrogen) atoms. The largest absolute Gasteiger partial charge is 0.493 e. The molecule has 8 heteroatoms. The first-order valence-corrected chi connectivity index (χ1v) is 13.4. The molecule has 0 amide bonds. The number of rotatable bonds is 12. The van der Waals surface area contributed by atoms with E-state index in [0.29, 0.717) is 30.2 Å². The Morgan fingerprint density at radius 3 is 2.66 bits per heavy atom. The van der Waals surface area contributed by atoms with Gasteiger partial charge in [-0.15, -0.1) is 22.0 Å². The summed E-state index contributed by atoms with van der Waals surface area (Å²) in [6.45, 7) is 7.32. The fraction of sp³-hybridized carbons (Fsp3) is 0.481. The van der Waals surface area contributed by atoms with Gasteiger partial charge in [-0.2, -0.15) is 0 Å². The molecule has 1 N–H and O–H groups in total. The summed E-state index contributed by atoms with van der Waals surface area (Å²) in [6, 6.07) is 18.7. The molecule has 0 bridgehead atoms. The summed E-state index contributed by atoms with van der Waals surface area (Å²) in [7, 11) is 2.16. The van der Waals surface area contributed by atoms with Crippen LogP contribution in [-0.2, 0) is 5.75 Å². The number of likely N-dealkylation sites (N-methyl/N-ethyl adjacent to an activating group) is 1. The molecule has 3 aromatic rings. The van der Waals surface area contributed by atoms with Gasteiger partial charge in [-0.1, -0.05) is 18.2 Å². The predicted molar refractivity (Wildman–Crippen MR) is 142 cm³/mol. The quantitative estimate of drug-likeness (QED) is 0.361. The lowest BCUT2D eigenvalue weighted by Gasteiger charge is -2.28. The van der Waals surface area contributed by atoms with E-state index in [9.17, 15) is 5.11 Å². The monoisotopic (exact) mass is 496 g/mol. The zero-order valence-corrected chi connectivity index (χ0v) is 21.7. The second-order valence-corrected chi connectivity index (χ2v) is 10.8. The molecule has 1 fully saturated rings. The molecule has 7 nitrogen and oxygen atoms in total. The van der Waals surface area contributed by atoms with Crippen LogP contribution in [-0.4, -0.2) is 70.9 Å². The van der Waals surface area contributed by atoms with E-state index in [1.54, 1.807) is 11.8 Å². The summed E-state index contributed by atoms with van der Waals surface area (Å²) < 4.78 is 11.6. The van der Waals surface area contributed by atoms with Crippen LogP contribution in [0.4, 0.5) is 5.69 Å². The van der Waals surface area contributed by atoms with Gasteiger partial charge in [0.1, 0.15) is 5.75 Å². The Hall–Kier alpha value is -2.55. The van der Waals surface area contributed by atoms with Gasteiger partial charge < -0.3 is 24.1 Å². The van der Waals surface area contributed by atoms with Crippen molar-refractivity contribution in [2.75, 3.05) is 43.9 Å². The van der Waals surface area contributed by atoms with Crippen molar-refractivity contribution in [3.8, 4) is 17.2 Å².